The van der Waals surface area contributed by atoms with Crippen molar-refractivity contribution in [3.8, 4) is 0 Å². The van der Waals surface area contributed by atoms with Gasteiger partial charge in [0.25, 0.3) is 0 Å². The van der Waals surface area contributed by atoms with Gasteiger partial charge in [0, 0.05) is 5.69 Å². The first-order valence-electron chi connectivity index (χ1n) is 5.91. The predicted octanol–water partition coefficient (Wildman–Crippen LogP) is 0.928. The Bertz CT molecular complexity index is 454. The number of hydrogen-bond acceptors (Lipinski definition) is 2. The van der Waals surface area contributed by atoms with Crippen LogP contribution in [0.3, 0.4) is 0 Å². The Morgan fingerprint density at radius 3 is 2.47 bits per heavy atom. The molecule has 17 heavy (non-hydrogen) atoms. The summed E-state index contributed by atoms with van der Waals surface area (Å²) in [5.74, 6) is 0.307. The predicted molar refractivity (Wildman–Crippen MR) is 63.4 cm³/mol. The van der Waals surface area contributed by atoms with E-state index in [0.717, 1.165) is 18.5 Å². The molecule has 1 atom stereocenters. The summed E-state index contributed by atoms with van der Waals surface area (Å²) >= 11 is 0. The molecule has 2 amide bonds. The highest BCUT2D eigenvalue weighted by Gasteiger charge is 2.42. The highest BCUT2D eigenvalue weighted by Crippen LogP contribution is 2.35. The van der Waals surface area contributed by atoms with Gasteiger partial charge in [0.05, 0.1) is 0 Å². The van der Waals surface area contributed by atoms with Gasteiger partial charge in [-0.25, -0.2) is 0 Å². The summed E-state index contributed by atoms with van der Waals surface area (Å²) in [6.07, 6.45) is 2.08. The van der Waals surface area contributed by atoms with Crippen molar-refractivity contribution in [3.63, 3.8) is 0 Å². The average Bonchev–Trinajstić information content (AvgIpc) is 3.17. The van der Waals surface area contributed by atoms with Crippen molar-refractivity contribution in [3.05, 3.63) is 30.3 Å². The van der Waals surface area contributed by atoms with Crippen LogP contribution in [0.15, 0.2) is 30.3 Å². The number of carbonyl (C=O) groups is 2. The van der Waals surface area contributed by atoms with E-state index in [1.54, 1.807) is 4.90 Å². The van der Waals surface area contributed by atoms with Crippen molar-refractivity contribution < 1.29 is 9.59 Å². The van der Waals surface area contributed by atoms with Gasteiger partial charge < -0.3 is 10.2 Å². The van der Waals surface area contributed by atoms with Crippen molar-refractivity contribution in [2.75, 3.05) is 11.4 Å². The van der Waals surface area contributed by atoms with E-state index in [1.165, 1.54) is 0 Å². The summed E-state index contributed by atoms with van der Waals surface area (Å²) in [6.45, 7) is 0.131. The zero-order valence-electron chi connectivity index (χ0n) is 9.43. The largest absolute Gasteiger partial charge is 0.342 e. The Labute approximate surface area is 99.6 Å². The number of anilines is 1. The highest BCUT2D eigenvalue weighted by molar-refractivity contribution is 6.06. The van der Waals surface area contributed by atoms with Gasteiger partial charge in [-0.05, 0) is 30.9 Å². The lowest BCUT2D eigenvalue weighted by Gasteiger charge is -2.32. The van der Waals surface area contributed by atoms with E-state index in [4.69, 9.17) is 0 Å². The molecule has 1 aliphatic carbocycles. The van der Waals surface area contributed by atoms with Crippen LogP contribution >= 0.6 is 0 Å². The fraction of sp³-hybridized carbons (Fsp3) is 0.385. The molecule has 0 bridgehead atoms. The van der Waals surface area contributed by atoms with Crippen LogP contribution in [0.1, 0.15) is 12.8 Å². The lowest BCUT2D eigenvalue weighted by Crippen LogP contribution is -2.59. The molecular weight excluding hydrogens is 216 g/mol. The SMILES string of the molecule is O=C1CN(c2ccccc2)C(=O)C(C2CC2)N1. The normalized spacial score (nSPS) is 24.7. The van der Waals surface area contributed by atoms with E-state index >= 15 is 0 Å². The van der Waals surface area contributed by atoms with E-state index in [0.29, 0.717) is 5.92 Å². The molecule has 1 aromatic rings. The van der Waals surface area contributed by atoms with Gasteiger partial charge in [0.1, 0.15) is 12.6 Å². The number of amides is 2. The molecule has 1 aliphatic heterocycles. The van der Waals surface area contributed by atoms with E-state index in [1.807, 2.05) is 30.3 Å². The van der Waals surface area contributed by atoms with Crippen molar-refractivity contribution in [2.24, 2.45) is 5.92 Å². The molecule has 1 aromatic carbocycles. The molecule has 3 rings (SSSR count). The Balaban J connectivity index is 1.88. The number of nitrogens with zero attached hydrogens (tertiary/aromatic N) is 1. The fourth-order valence-corrected chi connectivity index (χ4v) is 2.25. The van der Waals surface area contributed by atoms with E-state index < -0.39 is 0 Å². The number of nitrogens with one attached hydrogen (secondary N) is 1. The molecule has 0 radical (unpaired) electrons. The molecular formula is C13H14N2O2. The van der Waals surface area contributed by atoms with Crippen LogP contribution in [0, 0.1) is 5.92 Å². The summed E-state index contributed by atoms with van der Waals surface area (Å²) in [5, 5.41) is 2.80. The van der Waals surface area contributed by atoms with Crippen molar-refractivity contribution >= 4 is 17.5 Å². The molecule has 1 N–H and O–H groups in total. The van der Waals surface area contributed by atoms with Gasteiger partial charge in [-0.1, -0.05) is 18.2 Å². The number of para-hydroxylation sites is 1. The number of carbonyl (C=O) groups excluding carboxylic acids is 2. The molecule has 1 saturated carbocycles. The minimum absolute atomic E-state index is 0.0262. The topological polar surface area (TPSA) is 49.4 Å². The van der Waals surface area contributed by atoms with Gasteiger partial charge in [-0.15, -0.1) is 0 Å². The van der Waals surface area contributed by atoms with Crippen LogP contribution in [0.2, 0.25) is 0 Å². The van der Waals surface area contributed by atoms with Gasteiger partial charge in [-0.3, -0.25) is 9.59 Å². The Kier molecular flexibility index (Phi) is 2.35. The van der Waals surface area contributed by atoms with Crippen molar-refractivity contribution in [1.82, 2.24) is 5.32 Å². The third kappa shape index (κ3) is 1.90. The second-order valence-corrected chi connectivity index (χ2v) is 4.64. The standard InChI is InChI=1S/C13H14N2O2/c16-11-8-15(10-4-2-1-3-5-10)13(17)12(14-11)9-6-7-9/h1-5,9,12H,6-8H2,(H,14,16). The molecule has 2 aliphatic rings. The van der Waals surface area contributed by atoms with Gasteiger partial charge in [0.2, 0.25) is 11.8 Å². The van der Waals surface area contributed by atoms with Crippen molar-refractivity contribution in [1.29, 1.82) is 0 Å². The van der Waals surface area contributed by atoms with Crippen LogP contribution in [0.4, 0.5) is 5.69 Å². The second kappa shape index (κ2) is 3.87. The average molecular weight is 230 g/mol. The summed E-state index contributed by atoms with van der Waals surface area (Å²) in [7, 11) is 0. The van der Waals surface area contributed by atoms with Gasteiger partial charge in [-0.2, -0.15) is 0 Å². The van der Waals surface area contributed by atoms with Crippen LogP contribution in [0.5, 0.6) is 0 Å². The molecule has 1 saturated heterocycles. The van der Waals surface area contributed by atoms with E-state index in [-0.39, 0.29) is 24.4 Å². The molecule has 1 heterocycles. The molecule has 0 aromatic heterocycles. The maximum Gasteiger partial charge on any atom is 0.250 e. The van der Waals surface area contributed by atoms with E-state index in [2.05, 4.69) is 5.32 Å². The first-order valence-corrected chi connectivity index (χ1v) is 5.91. The third-order valence-electron chi connectivity index (χ3n) is 3.31. The number of rotatable bonds is 2. The summed E-state index contributed by atoms with van der Waals surface area (Å²) in [5.41, 5.74) is 0.804. The van der Waals surface area contributed by atoms with Gasteiger partial charge >= 0.3 is 0 Å². The minimum Gasteiger partial charge on any atom is -0.342 e. The van der Waals surface area contributed by atoms with E-state index in [9.17, 15) is 9.59 Å². The molecule has 1 unspecified atom stereocenters. The third-order valence-corrected chi connectivity index (χ3v) is 3.31. The number of hydrogen-bond donors (Lipinski definition) is 1. The van der Waals surface area contributed by atoms with Crippen LogP contribution in [0.25, 0.3) is 0 Å². The second-order valence-electron chi connectivity index (χ2n) is 4.64. The molecule has 4 nitrogen and oxygen atoms in total. The zero-order valence-corrected chi connectivity index (χ0v) is 9.43. The van der Waals surface area contributed by atoms with Crippen LogP contribution in [-0.2, 0) is 9.59 Å². The smallest absolute Gasteiger partial charge is 0.250 e. The monoisotopic (exact) mass is 230 g/mol. The maximum absolute atomic E-state index is 12.3. The molecule has 2 fully saturated rings. The number of piperazine rings is 1. The highest BCUT2D eigenvalue weighted by atomic mass is 16.2. The lowest BCUT2D eigenvalue weighted by molar-refractivity contribution is -0.131. The summed E-state index contributed by atoms with van der Waals surface area (Å²) < 4.78 is 0. The maximum atomic E-state index is 12.3. The molecule has 88 valence electrons. The minimum atomic E-state index is -0.309. The summed E-state index contributed by atoms with van der Waals surface area (Å²) in [6, 6.07) is 9.07. The fourth-order valence-electron chi connectivity index (χ4n) is 2.25. The Hall–Kier alpha value is -1.84. The molecule has 0 spiro atoms. The first-order chi connectivity index (χ1) is 8.25. The number of benzene rings is 1. The quantitative estimate of drug-likeness (QED) is 0.821. The first kappa shape index (κ1) is 10.3. The van der Waals surface area contributed by atoms with Gasteiger partial charge in [0.15, 0.2) is 0 Å². The molecule has 4 heteroatoms. The van der Waals surface area contributed by atoms with Crippen LogP contribution in [-0.4, -0.2) is 24.4 Å². The zero-order chi connectivity index (χ0) is 11.8. The Morgan fingerprint density at radius 2 is 1.82 bits per heavy atom. The Morgan fingerprint density at radius 1 is 1.12 bits per heavy atom. The van der Waals surface area contributed by atoms with Crippen LogP contribution < -0.4 is 10.2 Å². The lowest BCUT2D eigenvalue weighted by atomic mass is 10.1. The van der Waals surface area contributed by atoms with Crippen molar-refractivity contribution in [2.45, 2.75) is 18.9 Å². The summed E-state index contributed by atoms with van der Waals surface area (Å²) in [4.78, 5) is 25.5.